The Morgan fingerprint density at radius 2 is 1.69 bits per heavy atom. The van der Waals surface area contributed by atoms with Crippen molar-refractivity contribution in [3.63, 3.8) is 0 Å². The van der Waals surface area contributed by atoms with Gasteiger partial charge in [-0.15, -0.1) is 0 Å². The molecule has 88 valence electrons. The summed E-state index contributed by atoms with van der Waals surface area (Å²) < 4.78 is 0. The molecule has 1 aromatic rings. The minimum atomic E-state index is -0.477. The van der Waals surface area contributed by atoms with Gasteiger partial charge in [-0.25, -0.2) is 0 Å². The van der Waals surface area contributed by atoms with Crippen molar-refractivity contribution < 1.29 is 15.3 Å². The topological polar surface area (TPSA) is 86.7 Å². The number of nitrogens with two attached hydrogens (primary N) is 1. The molecule has 2 rings (SSSR count). The Balaban J connectivity index is 2.53. The summed E-state index contributed by atoms with van der Waals surface area (Å²) in [4.78, 5) is 0. The number of aromatic hydroxyl groups is 3. The Morgan fingerprint density at radius 3 is 2.19 bits per heavy atom. The molecule has 0 radical (unpaired) electrons. The fraction of sp³-hybridized carbons (Fsp3) is 0.500. The molecule has 1 saturated carbocycles. The van der Waals surface area contributed by atoms with E-state index in [1.54, 1.807) is 6.07 Å². The van der Waals surface area contributed by atoms with Crippen molar-refractivity contribution in [1.82, 2.24) is 0 Å². The molecule has 0 saturated heterocycles. The summed E-state index contributed by atoms with van der Waals surface area (Å²) in [7, 11) is 0. The van der Waals surface area contributed by atoms with Gasteiger partial charge in [-0.3, -0.25) is 0 Å². The average molecular weight is 223 g/mol. The number of benzene rings is 1. The first-order chi connectivity index (χ1) is 7.29. The fourth-order valence-corrected chi connectivity index (χ4v) is 2.10. The van der Waals surface area contributed by atoms with Gasteiger partial charge in [-0.05, 0) is 18.9 Å². The van der Waals surface area contributed by atoms with Crippen LogP contribution in [-0.2, 0) is 5.41 Å². The highest BCUT2D eigenvalue weighted by atomic mass is 16.3. The van der Waals surface area contributed by atoms with Gasteiger partial charge in [0.25, 0.3) is 0 Å². The molecular formula is C12H17NO3. The second kappa shape index (κ2) is 3.04. The summed E-state index contributed by atoms with van der Waals surface area (Å²) in [5.74, 6) is -1.07. The largest absolute Gasteiger partial charge is 0.504 e. The highest BCUT2D eigenvalue weighted by molar-refractivity contribution is 5.56. The van der Waals surface area contributed by atoms with Gasteiger partial charge < -0.3 is 21.1 Å². The van der Waals surface area contributed by atoms with E-state index in [4.69, 9.17) is 5.73 Å². The van der Waals surface area contributed by atoms with E-state index in [2.05, 4.69) is 0 Å². The third-order valence-electron chi connectivity index (χ3n) is 3.84. The smallest absolute Gasteiger partial charge is 0.200 e. The second-order valence-corrected chi connectivity index (χ2v) is 5.11. The fourth-order valence-electron chi connectivity index (χ4n) is 2.10. The van der Waals surface area contributed by atoms with Gasteiger partial charge in [-0.1, -0.05) is 19.9 Å². The van der Waals surface area contributed by atoms with E-state index in [-0.39, 0.29) is 17.0 Å². The van der Waals surface area contributed by atoms with E-state index >= 15 is 0 Å². The second-order valence-electron chi connectivity index (χ2n) is 5.11. The Morgan fingerprint density at radius 1 is 1.12 bits per heavy atom. The van der Waals surface area contributed by atoms with Gasteiger partial charge in [0.1, 0.15) is 0 Å². The third-order valence-corrected chi connectivity index (χ3v) is 3.84. The lowest BCUT2D eigenvalue weighted by molar-refractivity contribution is 0.337. The molecule has 0 amide bonds. The molecule has 0 bridgehead atoms. The number of hydrogen-bond donors (Lipinski definition) is 4. The molecule has 1 aliphatic rings. The van der Waals surface area contributed by atoms with E-state index in [1.165, 1.54) is 6.07 Å². The quantitative estimate of drug-likeness (QED) is 0.573. The summed E-state index contributed by atoms with van der Waals surface area (Å²) in [6, 6.07) is 2.98. The van der Waals surface area contributed by atoms with Crippen LogP contribution < -0.4 is 5.73 Å². The molecule has 0 heterocycles. The highest BCUT2D eigenvalue weighted by Gasteiger charge is 2.53. The van der Waals surface area contributed by atoms with Crippen LogP contribution in [0, 0.1) is 0 Å². The SMILES string of the molecule is CC(C)(c1ccc(O)c(O)c1O)C1(N)CC1. The van der Waals surface area contributed by atoms with Gasteiger partial charge in [0.2, 0.25) is 5.75 Å². The maximum atomic E-state index is 9.84. The Labute approximate surface area is 94.3 Å². The number of rotatable bonds is 2. The molecule has 0 unspecified atom stereocenters. The molecule has 0 atom stereocenters. The van der Waals surface area contributed by atoms with Crippen LogP contribution in [0.5, 0.6) is 17.2 Å². The predicted molar refractivity (Wildman–Crippen MR) is 60.6 cm³/mol. The van der Waals surface area contributed by atoms with Gasteiger partial charge in [-0.2, -0.15) is 0 Å². The Bertz CT molecular complexity index is 436. The van der Waals surface area contributed by atoms with Gasteiger partial charge >= 0.3 is 0 Å². The van der Waals surface area contributed by atoms with Crippen LogP contribution in [-0.4, -0.2) is 20.9 Å². The molecule has 0 spiro atoms. The lowest BCUT2D eigenvalue weighted by Gasteiger charge is -2.33. The van der Waals surface area contributed by atoms with Crippen molar-refractivity contribution in [2.45, 2.75) is 37.6 Å². The van der Waals surface area contributed by atoms with Crippen LogP contribution in [0.1, 0.15) is 32.3 Å². The zero-order valence-corrected chi connectivity index (χ0v) is 9.49. The van der Waals surface area contributed by atoms with E-state index < -0.39 is 11.2 Å². The average Bonchev–Trinajstić information content (AvgIpc) is 2.94. The lowest BCUT2D eigenvalue weighted by Crippen LogP contribution is -2.43. The summed E-state index contributed by atoms with van der Waals surface area (Å²) in [5.41, 5.74) is 5.98. The van der Waals surface area contributed by atoms with Crippen molar-refractivity contribution in [2.75, 3.05) is 0 Å². The molecule has 4 nitrogen and oxygen atoms in total. The normalized spacial score (nSPS) is 18.4. The zero-order valence-electron chi connectivity index (χ0n) is 9.49. The van der Waals surface area contributed by atoms with E-state index in [9.17, 15) is 15.3 Å². The molecule has 4 heteroatoms. The van der Waals surface area contributed by atoms with Gasteiger partial charge in [0, 0.05) is 16.5 Å². The molecule has 1 aromatic carbocycles. The summed E-state index contributed by atoms with van der Waals surface area (Å²) in [5, 5.41) is 28.6. The maximum absolute atomic E-state index is 9.84. The summed E-state index contributed by atoms with van der Waals surface area (Å²) >= 11 is 0. The van der Waals surface area contributed by atoms with E-state index in [1.807, 2.05) is 13.8 Å². The maximum Gasteiger partial charge on any atom is 0.200 e. The molecule has 5 N–H and O–H groups in total. The molecular weight excluding hydrogens is 206 g/mol. The minimum Gasteiger partial charge on any atom is -0.504 e. The third kappa shape index (κ3) is 1.33. The van der Waals surface area contributed by atoms with E-state index in [0.717, 1.165) is 12.8 Å². The van der Waals surface area contributed by atoms with Crippen molar-refractivity contribution in [1.29, 1.82) is 0 Å². The van der Waals surface area contributed by atoms with Crippen LogP contribution in [0.15, 0.2) is 12.1 Å². The molecule has 0 aromatic heterocycles. The lowest BCUT2D eigenvalue weighted by atomic mass is 9.75. The first-order valence-electron chi connectivity index (χ1n) is 5.33. The van der Waals surface area contributed by atoms with Crippen molar-refractivity contribution >= 4 is 0 Å². The number of phenolic OH excluding ortho intramolecular Hbond substituents is 3. The summed E-state index contributed by atoms with van der Waals surface area (Å²) in [6.07, 6.45) is 1.81. The molecule has 1 aliphatic carbocycles. The van der Waals surface area contributed by atoms with Crippen LogP contribution in [0.2, 0.25) is 0 Å². The number of phenols is 3. The van der Waals surface area contributed by atoms with Crippen LogP contribution >= 0.6 is 0 Å². The van der Waals surface area contributed by atoms with Gasteiger partial charge in [0.15, 0.2) is 11.5 Å². The summed E-state index contributed by atoms with van der Waals surface area (Å²) in [6.45, 7) is 3.87. The van der Waals surface area contributed by atoms with Gasteiger partial charge in [0.05, 0.1) is 0 Å². The highest BCUT2D eigenvalue weighted by Crippen LogP contribution is 2.53. The standard InChI is InChI=1S/C12H17NO3/c1-11(2,12(13)5-6-12)7-3-4-8(14)10(16)9(7)15/h3-4,14-16H,5-6,13H2,1-2H3. The van der Waals surface area contributed by atoms with Crippen LogP contribution in [0.25, 0.3) is 0 Å². The van der Waals surface area contributed by atoms with E-state index in [0.29, 0.717) is 5.56 Å². The first-order valence-corrected chi connectivity index (χ1v) is 5.33. The molecule has 0 aliphatic heterocycles. The van der Waals surface area contributed by atoms with Crippen LogP contribution in [0.3, 0.4) is 0 Å². The van der Waals surface area contributed by atoms with Crippen molar-refractivity contribution in [3.8, 4) is 17.2 Å². The Kier molecular flexibility index (Phi) is 2.11. The van der Waals surface area contributed by atoms with Crippen molar-refractivity contribution in [3.05, 3.63) is 17.7 Å². The zero-order chi connectivity index (χ0) is 12.1. The Hall–Kier alpha value is -1.42. The monoisotopic (exact) mass is 223 g/mol. The first kappa shape index (κ1) is 11.1. The molecule has 1 fully saturated rings. The molecule has 16 heavy (non-hydrogen) atoms. The predicted octanol–water partition coefficient (Wildman–Crippen LogP) is 1.57. The minimum absolute atomic E-state index is 0.276. The van der Waals surface area contributed by atoms with Crippen molar-refractivity contribution in [2.24, 2.45) is 5.73 Å². The number of hydrogen-bond acceptors (Lipinski definition) is 4. The van der Waals surface area contributed by atoms with Crippen LogP contribution in [0.4, 0.5) is 0 Å².